The lowest BCUT2D eigenvalue weighted by atomic mass is 9.92. The molecule has 1 N–H and O–H groups in total. The number of hydrogen-bond acceptors (Lipinski definition) is 1. The molecule has 2 atom stereocenters. The molecule has 0 aliphatic rings. The summed E-state index contributed by atoms with van der Waals surface area (Å²) in [5, 5.41) is 9.56. The summed E-state index contributed by atoms with van der Waals surface area (Å²) in [6.07, 6.45) is 2.72. The van der Waals surface area contributed by atoms with Crippen LogP contribution in [0.1, 0.15) is 40.0 Å². The molecule has 0 amide bonds. The van der Waals surface area contributed by atoms with E-state index in [0.717, 1.165) is 24.8 Å². The summed E-state index contributed by atoms with van der Waals surface area (Å²) in [7, 11) is 0. The Kier molecular flexibility index (Phi) is 5.22. The summed E-state index contributed by atoms with van der Waals surface area (Å²) in [5.74, 6) is 0.264. The molecule has 1 nitrogen and oxygen atoms in total. The predicted molar refractivity (Wildman–Crippen MR) is 49.5 cm³/mol. The minimum absolute atomic E-state index is 0.188. The third-order valence-electron chi connectivity index (χ3n) is 2.26. The highest BCUT2D eigenvalue weighted by molar-refractivity contribution is 5.00. The summed E-state index contributed by atoms with van der Waals surface area (Å²) in [4.78, 5) is 0. The first-order chi connectivity index (χ1) is 5.13. The Bertz CT molecular complexity index is 118. The van der Waals surface area contributed by atoms with Crippen molar-refractivity contribution in [2.24, 2.45) is 5.92 Å². The zero-order valence-corrected chi connectivity index (χ0v) is 7.93. The van der Waals surface area contributed by atoms with E-state index in [2.05, 4.69) is 20.4 Å². The molecule has 0 rings (SSSR count). The van der Waals surface area contributed by atoms with Crippen molar-refractivity contribution in [3.05, 3.63) is 12.2 Å². The Morgan fingerprint density at radius 1 is 1.45 bits per heavy atom. The normalized spacial score (nSPS) is 16.0. The van der Waals surface area contributed by atoms with Gasteiger partial charge >= 0.3 is 0 Å². The second-order valence-electron chi connectivity index (χ2n) is 3.16. The van der Waals surface area contributed by atoms with Gasteiger partial charge in [-0.2, -0.15) is 0 Å². The van der Waals surface area contributed by atoms with E-state index in [1.807, 2.05) is 6.92 Å². The third-order valence-corrected chi connectivity index (χ3v) is 2.26. The molecule has 66 valence electrons. The monoisotopic (exact) mass is 156 g/mol. The molecule has 0 saturated carbocycles. The van der Waals surface area contributed by atoms with Crippen molar-refractivity contribution in [3.8, 4) is 0 Å². The molecule has 0 aromatic carbocycles. The Hall–Kier alpha value is -0.300. The second kappa shape index (κ2) is 5.36. The van der Waals surface area contributed by atoms with Gasteiger partial charge in [0.2, 0.25) is 0 Å². The Morgan fingerprint density at radius 3 is 2.36 bits per heavy atom. The number of aliphatic hydroxyl groups is 1. The van der Waals surface area contributed by atoms with Crippen LogP contribution in [-0.2, 0) is 0 Å². The van der Waals surface area contributed by atoms with E-state index in [1.165, 1.54) is 0 Å². The van der Waals surface area contributed by atoms with Crippen LogP contribution < -0.4 is 0 Å². The average molecular weight is 156 g/mol. The molecule has 0 saturated heterocycles. The van der Waals surface area contributed by atoms with E-state index < -0.39 is 0 Å². The van der Waals surface area contributed by atoms with Crippen molar-refractivity contribution in [3.63, 3.8) is 0 Å². The molecular weight excluding hydrogens is 136 g/mol. The van der Waals surface area contributed by atoms with Gasteiger partial charge in [-0.15, -0.1) is 0 Å². The van der Waals surface area contributed by atoms with Crippen LogP contribution >= 0.6 is 0 Å². The molecule has 0 aliphatic carbocycles. The lowest BCUT2D eigenvalue weighted by Gasteiger charge is -2.19. The molecule has 0 radical (unpaired) electrons. The second-order valence-corrected chi connectivity index (χ2v) is 3.16. The molecular formula is C10H20O. The van der Waals surface area contributed by atoms with Crippen molar-refractivity contribution in [1.29, 1.82) is 0 Å². The average Bonchev–Trinajstić information content (AvgIpc) is 2.02. The lowest BCUT2D eigenvalue weighted by Crippen LogP contribution is -2.18. The summed E-state index contributed by atoms with van der Waals surface area (Å²) in [5.41, 5.74) is 1.16. The van der Waals surface area contributed by atoms with Crippen molar-refractivity contribution in [2.45, 2.75) is 46.1 Å². The van der Waals surface area contributed by atoms with Gasteiger partial charge in [-0.05, 0) is 12.8 Å². The van der Waals surface area contributed by atoms with Gasteiger partial charge in [0.1, 0.15) is 0 Å². The minimum Gasteiger partial charge on any atom is -0.393 e. The molecule has 0 unspecified atom stereocenters. The van der Waals surface area contributed by atoms with E-state index in [9.17, 15) is 5.11 Å². The fourth-order valence-electron chi connectivity index (χ4n) is 1.14. The molecule has 11 heavy (non-hydrogen) atoms. The highest BCUT2D eigenvalue weighted by atomic mass is 16.3. The summed E-state index contributed by atoms with van der Waals surface area (Å²) >= 11 is 0. The number of aliphatic hydroxyl groups excluding tert-OH is 1. The topological polar surface area (TPSA) is 20.2 Å². The maximum atomic E-state index is 9.56. The standard InChI is InChI=1S/C10H20O/c1-5-7-10(11)9(4)8(3)6-2/h9-11H,3,5-7H2,1-2,4H3/t9-,10+/m1/s1. The van der Waals surface area contributed by atoms with Crippen molar-refractivity contribution in [2.75, 3.05) is 0 Å². The van der Waals surface area contributed by atoms with Crippen LogP contribution in [0, 0.1) is 5.92 Å². The fourth-order valence-corrected chi connectivity index (χ4v) is 1.14. The van der Waals surface area contributed by atoms with Crippen LogP contribution in [0.25, 0.3) is 0 Å². The molecule has 0 aliphatic heterocycles. The number of hydrogen-bond donors (Lipinski definition) is 1. The van der Waals surface area contributed by atoms with Crippen LogP contribution in [0.5, 0.6) is 0 Å². The van der Waals surface area contributed by atoms with E-state index in [-0.39, 0.29) is 12.0 Å². The van der Waals surface area contributed by atoms with Gasteiger partial charge in [-0.3, -0.25) is 0 Å². The van der Waals surface area contributed by atoms with Crippen LogP contribution in [0.3, 0.4) is 0 Å². The summed E-state index contributed by atoms with van der Waals surface area (Å²) in [6.45, 7) is 10.1. The quantitative estimate of drug-likeness (QED) is 0.607. The molecule has 1 heteroatoms. The van der Waals surface area contributed by atoms with Crippen molar-refractivity contribution >= 4 is 0 Å². The van der Waals surface area contributed by atoms with E-state index in [4.69, 9.17) is 0 Å². The van der Waals surface area contributed by atoms with Gasteiger partial charge in [-0.1, -0.05) is 39.3 Å². The van der Waals surface area contributed by atoms with Crippen LogP contribution in [0.4, 0.5) is 0 Å². The first-order valence-corrected chi connectivity index (χ1v) is 4.49. The molecule has 0 fully saturated rings. The van der Waals surface area contributed by atoms with Crippen molar-refractivity contribution < 1.29 is 5.11 Å². The highest BCUT2D eigenvalue weighted by Gasteiger charge is 2.14. The van der Waals surface area contributed by atoms with Gasteiger partial charge < -0.3 is 5.11 Å². The van der Waals surface area contributed by atoms with E-state index in [1.54, 1.807) is 0 Å². The molecule has 0 bridgehead atoms. The Labute approximate surface area is 70.1 Å². The van der Waals surface area contributed by atoms with Gasteiger partial charge in [0.15, 0.2) is 0 Å². The zero-order valence-electron chi connectivity index (χ0n) is 7.93. The molecule has 0 aromatic heterocycles. The van der Waals surface area contributed by atoms with E-state index >= 15 is 0 Å². The smallest absolute Gasteiger partial charge is 0.0602 e. The highest BCUT2D eigenvalue weighted by Crippen LogP contribution is 2.18. The van der Waals surface area contributed by atoms with Crippen molar-refractivity contribution in [1.82, 2.24) is 0 Å². The van der Waals surface area contributed by atoms with Gasteiger partial charge in [0.05, 0.1) is 6.10 Å². The Balaban J connectivity index is 3.80. The first kappa shape index (κ1) is 10.7. The predicted octanol–water partition coefficient (Wildman–Crippen LogP) is 2.75. The summed E-state index contributed by atoms with van der Waals surface area (Å²) < 4.78 is 0. The number of rotatable bonds is 5. The third kappa shape index (κ3) is 3.57. The van der Waals surface area contributed by atoms with Crippen LogP contribution in [0.15, 0.2) is 12.2 Å². The van der Waals surface area contributed by atoms with E-state index in [0.29, 0.717) is 0 Å². The fraction of sp³-hybridized carbons (Fsp3) is 0.800. The van der Waals surface area contributed by atoms with Gasteiger partial charge in [0, 0.05) is 5.92 Å². The molecule has 0 heterocycles. The zero-order chi connectivity index (χ0) is 8.85. The minimum atomic E-state index is -0.188. The molecule has 0 aromatic rings. The van der Waals surface area contributed by atoms with Gasteiger partial charge in [-0.25, -0.2) is 0 Å². The SMILES string of the molecule is C=C(CC)[C@@H](C)[C@@H](O)CCC. The lowest BCUT2D eigenvalue weighted by molar-refractivity contribution is 0.121. The Morgan fingerprint density at radius 2 is 2.00 bits per heavy atom. The molecule has 0 spiro atoms. The first-order valence-electron chi connectivity index (χ1n) is 4.49. The van der Waals surface area contributed by atoms with Crippen LogP contribution in [-0.4, -0.2) is 11.2 Å². The van der Waals surface area contributed by atoms with Crippen LogP contribution in [0.2, 0.25) is 0 Å². The maximum Gasteiger partial charge on any atom is 0.0602 e. The largest absolute Gasteiger partial charge is 0.393 e. The summed E-state index contributed by atoms with van der Waals surface area (Å²) in [6, 6.07) is 0. The maximum absolute atomic E-state index is 9.56. The van der Waals surface area contributed by atoms with Gasteiger partial charge in [0.25, 0.3) is 0 Å².